The van der Waals surface area contributed by atoms with Gasteiger partial charge in [0.15, 0.2) is 17.4 Å². The summed E-state index contributed by atoms with van der Waals surface area (Å²) in [7, 11) is 0. The Kier molecular flexibility index (Phi) is 7.20. The van der Waals surface area contributed by atoms with Crippen molar-refractivity contribution in [3.8, 4) is 16.9 Å². The van der Waals surface area contributed by atoms with E-state index in [1.54, 1.807) is 0 Å². The van der Waals surface area contributed by atoms with Crippen LogP contribution in [-0.2, 0) is 11.2 Å². The van der Waals surface area contributed by atoms with Gasteiger partial charge in [-0.25, -0.2) is 8.78 Å². The summed E-state index contributed by atoms with van der Waals surface area (Å²) in [5, 5.41) is 21.2. The van der Waals surface area contributed by atoms with Gasteiger partial charge in [-0.3, -0.25) is 9.59 Å². The van der Waals surface area contributed by atoms with Gasteiger partial charge in [-0.1, -0.05) is 61.5 Å². The molecule has 0 saturated heterocycles. The number of halogens is 2. The highest BCUT2D eigenvalue weighted by molar-refractivity contribution is 5.94. The molecule has 7 heteroatoms. The van der Waals surface area contributed by atoms with Gasteiger partial charge in [0.2, 0.25) is 0 Å². The van der Waals surface area contributed by atoms with Crippen LogP contribution < -0.4 is 5.32 Å². The van der Waals surface area contributed by atoms with Crippen molar-refractivity contribution in [3.05, 3.63) is 89.5 Å². The van der Waals surface area contributed by atoms with Crippen LogP contribution in [0.1, 0.15) is 29.3 Å². The molecule has 166 valence electrons. The number of hydrogen-bond donors (Lipinski definition) is 3. The summed E-state index contributed by atoms with van der Waals surface area (Å²) in [5.74, 6) is -6.16. The molecule has 0 aliphatic rings. The van der Waals surface area contributed by atoms with Crippen molar-refractivity contribution < 1.29 is 28.6 Å². The zero-order valence-corrected chi connectivity index (χ0v) is 17.4. The van der Waals surface area contributed by atoms with Crippen molar-refractivity contribution in [2.24, 2.45) is 5.92 Å². The van der Waals surface area contributed by atoms with Crippen molar-refractivity contribution >= 4 is 11.9 Å². The average Bonchev–Trinajstić information content (AvgIpc) is 2.78. The third-order valence-electron chi connectivity index (χ3n) is 5.22. The minimum Gasteiger partial charge on any atom is -0.503 e. The quantitative estimate of drug-likeness (QED) is 0.471. The van der Waals surface area contributed by atoms with Crippen molar-refractivity contribution in [3.63, 3.8) is 0 Å². The van der Waals surface area contributed by atoms with E-state index in [4.69, 9.17) is 0 Å². The summed E-state index contributed by atoms with van der Waals surface area (Å²) in [5.41, 5.74) is 2.64. The van der Waals surface area contributed by atoms with Crippen molar-refractivity contribution in [1.29, 1.82) is 0 Å². The van der Waals surface area contributed by atoms with E-state index in [-0.39, 0.29) is 12.0 Å². The number of rotatable bonds is 8. The van der Waals surface area contributed by atoms with Gasteiger partial charge in [-0.05, 0) is 41.7 Å². The minimum absolute atomic E-state index is 0.130. The molecule has 0 saturated carbocycles. The largest absolute Gasteiger partial charge is 0.503 e. The SMILES string of the molecule is C[C@H](CC(Cc1ccc(-c2ccccc2)cc1)NC(=O)c1cc(F)c(O)c(F)c1)C(=O)O. The first-order valence-electron chi connectivity index (χ1n) is 10.1. The van der Waals surface area contributed by atoms with Crippen LogP contribution >= 0.6 is 0 Å². The van der Waals surface area contributed by atoms with Gasteiger partial charge in [0.05, 0.1) is 5.92 Å². The van der Waals surface area contributed by atoms with Crippen LogP contribution in [0, 0.1) is 17.6 Å². The van der Waals surface area contributed by atoms with Crippen molar-refractivity contribution in [1.82, 2.24) is 5.32 Å². The molecule has 0 radical (unpaired) electrons. The van der Waals surface area contributed by atoms with Crippen LogP contribution in [0.2, 0.25) is 0 Å². The maximum absolute atomic E-state index is 13.6. The van der Waals surface area contributed by atoms with Crippen molar-refractivity contribution in [2.75, 3.05) is 0 Å². The van der Waals surface area contributed by atoms with Crippen LogP contribution in [0.15, 0.2) is 66.7 Å². The Labute approximate surface area is 184 Å². The van der Waals surface area contributed by atoms with E-state index in [0.29, 0.717) is 6.42 Å². The molecule has 1 amide bonds. The van der Waals surface area contributed by atoms with Gasteiger partial charge in [0.25, 0.3) is 5.91 Å². The number of carbonyl (C=O) groups excluding carboxylic acids is 1. The Bertz CT molecular complexity index is 1080. The molecule has 3 aromatic carbocycles. The van der Waals surface area contributed by atoms with Crippen LogP contribution in [0.5, 0.6) is 5.75 Å². The molecular weight excluding hydrogens is 416 g/mol. The van der Waals surface area contributed by atoms with E-state index in [0.717, 1.165) is 28.8 Å². The first kappa shape index (κ1) is 22.9. The van der Waals surface area contributed by atoms with Gasteiger partial charge < -0.3 is 15.5 Å². The zero-order valence-electron chi connectivity index (χ0n) is 17.4. The second kappa shape index (κ2) is 10.0. The molecule has 1 unspecified atom stereocenters. The normalized spacial score (nSPS) is 12.7. The average molecular weight is 439 g/mol. The Balaban J connectivity index is 1.78. The number of benzene rings is 3. The van der Waals surface area contributed by atoms with Crippen LogP contribution in [0.3, 0.4) is 0 Å². The highest BCUT2D eigenvalue weighted by Gasteiger charge is 2.22. The fourth-order valence-electron chi connectivity index (χ4n) is 3.43. The summed E-state index contributed by atoms with van der Waals surface area (Å²) in [6.45, 7) is 1.53. The molecule has 0 aliphatic carbocycles. The van der Waals surface area contributed by atoms with Gasteiger partial charge in [0, 0.05) is 11.6 Å². The Morgan fingerprint density at radius 1 is 0.938 bits per heavy atom. The smallest absolute Gasteiger partial charge is 0.306 e. The lowest BCUT2D eigenvalue weighted by Gasteiger charge is -2.21. The van der Waals surface area contributed by atoms with Crippen LogP contribution in [0.25, 0.3) is 11.1 Å². The monoisotopic (exact) mass is 439 g/mol. The second-order valence-electron chi connectivity index (χ2n) is 7.70. The molecular formula is C25H23F2NO4. The lowest BCUT2D eigenvalue weighted by molar-refractivity contribution is -0.141. The number of phenolic OH excluding ortho intramolecular Hbond substituents is 1. The van der Waals surface area contributed by atoms with Gasteiger partial charge in [-0.2, -0.15) is 0 Å². The lowest BCUT2D eigenvalue weighted by atomic mass is 9.94. The summed E-state index contributed by atoms with van der Waals surface area (Å²) < 4.78 is 27.3. The van der Waals surface area contributed by atoms with Crippen LogP contribution in [0.4, 0.5) is 8.78 Å². The second-order valence-corrected chi connectivity index (χ2v) is 7.70. The third-order valence-corrected chi connectivity index (χ3v) is 5.22. The molecule has 0 fully saturated rings. The molecule has 3 N–H and O–H groups in total. The molecule has 0 aromatic heterocycles. The number of carboxylic acids is 1. The molecule has 3 rings (SSSR count). The molecule has 0 heterocycles. The van der Waals surface area contributed by atoms with E-state index in [9.17, 15) is 28.6 Å². The number of carbonyl (C=O) groups is 2. The fourth-order valence-corrected chi connectivity index (χ4v) is 3.43. The first-order valence-corrected chi connectivity index (χ1v) is 10.1. The zero-order chi connectivity index (χ0) is 23.3. The molecule has 0 bridgehead atoms. The lowest BCUT2D eigenvalue weighted by Crippen LogP contribution is -2.38. The Morgan fingerprint density at radius 2 is 1.50 bits per heavy atom. The van der Waals surface area contributed by atoms with Crippen molar-refractivity contribution in [2.45, 2.75) is 25.8 Å². The number of nitrogens with one attached hydrogen (secondary N) is 1. The summed E-state index contributed by atoms with van der Waals surface area (Å²) >= 11 is 0. The minimum atomic E-state index is -1.25. The predicted octanol–water partition coefficient (Wildman–Crippen LogP) is 4.79. The Morgan fingerprint density at radius 3 is 2.06 bits per heavy atom. The molecule has 32 heavy (non-hydrogen) atoms. The summed E-state index contributed by atoms with van der Waals surface area (Å²) in [6, 6.07) is 18.3. The van der Waals surface area contributed by atoms with Crippen LogP contribution in [-0.4, -0.2) is 28.1 Å². The highest BCUT2D eigenvalue weighted by Crippen LogP contribution is 2.23. The standard InChI is InChI=1S/C25H23F2NO4/c1-15(25(31)32)11-20(28-24(30)19-13-21(26)23(29)22(27)14-19)12-16-7-9-18(10-8-16)17-5-3-2-4-6-17/h2-10,13-15,20,29H,11-12H2,1H3,(H,28,30)(H,31,32)/t15-,20?/m1/s1. The van der Waals surface area contributed by atoms with E-state index in [2.05, 4.69) is 5.32 Å². The number of aromatic hydroxyl groups is 1. The molecule has 5 nitrogen and oxygen atoms in total. The highest BCUT2D eigenvalue weighted by atomic mass is 19.1. The van der Waals surface area contributed by atoms with Gasteiger partial charge in [0.1, 0.15) is 0 Å². The van der Waals surface area contributed by atoms with Gasteiger partial charge >= 0.3 is 5.97 Å². The predicted molar refractivity (Wildman–Crippen MR) is 116 cm³/mol. The molecule has 3 aromatic rings. The first-order chi connectivity index (χ1) is 15.2. The maximum atomic E-state index is 13.6. The number of carboxylic acid groups (broad SMARTS) is 1. The maximum Gasteiger partial charge on any atom is 0.306 e. The third kappa shape index (κ3) is 5.69. The summed E-state index contributed by atoms with van der Waals surface area (Å²) in [6.07, 6.45) is 0.464. The summed E-state index contributed by atoms with van der Waals surface area (Å²) in [4.78, 5) is 23.9. The fraction of sp³-hybridized carbons (Fsp3) is 0.200. The molecule has 2 atom stereocenters. The van der Waals surface area contributed by atoms with E-state index < -0.39 is 41.2 Å². The van der Waals surface area contributed by atoms with E-state index >= 15 is 0 Å². The Hall–Kier alpha value is -3.74. The molecule has 0 spiro atoms. The van der Waals surface area contributed by atoms with E-state index in [1.165, 1.54) is 6.92 Å². The van der Waals surface area contributed by atoms with Gasteiger partial charge in [-0.15, -0.1) is 0 Å². The number of hydrogen-bond acceptors (Lipinski definition) is 3. The number of amides is 1. The number of aliphatic carboxylic acids is 1. The number of phenols is 1. The van der Waals surface area contributed by atoms with E-state index in [1.807, 2.05) is 54.6 Å². The topological polar surface area (TPSA) is 86.6 Å². The molecule has 0 aliphatic heterocycles.